The fourth-order valence-electron chi connectivity index (χ4n) is 1.91. The molecule has 0 aliphatic heterocycles. The van der Waals surface area contributed by atoms with Crippen molar-refractivity contribution in [1.82, 2.24) is 15.1 Å². The van der Waals surface area contributed by atoms with Crippen LogP contribution in [0.4, 0.5) is 0 Å². The molecule has 1 amide bonds. The molecule has 0 spiro atoms. The molecule has 3 N–H and O–H groups in total. The number of carbonyl (C=O) groups is 1. The smallest absolute Gasteiger partial charge is 0.222 e. The van der Waals surface area contributed by atoms with E-state index in [-0.39, 0.29) is 11.8 Å². The van der Waals surface area contributed by atoms with Crippen LogP contribution >= 0.6 is 0 Å². The van der Waals surface area contributed by atoms with Gasteiger partial charge in [0, 0.05) is 17.8 Å². The summed E-state index contributed by atoms with van der Waals surface area (Å²) in [5.41, 5.74) is 8.64. The number of nitrogens with one attached hydrogen (secondary N) is 1. The normalized spacial score (nSPS) is 12.7. The fraction of sp³-hybridized carbons (Fsp3) is 0.692. The summed E-state index contributed by atoms with van der Waals surface area (Å²) >= 11 is 0. The van der Waals surface area contributed by atoms with E-state index in [1.54, 1.807) is 0 Å². The van der Waals surface area contributed by atoms with Gasteiger partial charge < -0.3 is 11.1 Å². The maximum atomic E-state index is 11.1. The van der Waals surface area contributed by atoms with E-state index in [2.05, 4.69) is 17.3 Å². The van der Waals surface area contributed by atoms with E-state index in [0.29, 0.717) is 6.54 Å². The van der Waals surface area contributed by atoms with Gasteiger partial charge >= 0.3 is 0 Å². The number of hydrogen-bond acceptors (Lipinski definition) is 3. The highest BCUT2D eigenvalue weighted by Crippen LogP contribution is 2.14. The highest BCUT2D eigenvalue weighted by molar-refractivity contribution is 5.76. The van der Waals surface area contributed by atoms with Gasteiger partial charge in [0.05, 0.1) is 18.2 Å². The van der Waals surface area contributed by atoms with Crippen molar-refractivity contribution in [3.63, 3.8) is 0 Å². The van der Waals surface area contributed by atoms with Crippen LogP contribution in [-0.4, -0.2) is 22.2 Å². The van der Waals surface area contributed by atoms with Crippen LogP contribution in [0.1, 0.15) is 37.2 Å². The summed E-state index contributed by atoms with van der Waals surface area (Å²) in [6.07, 6.45) is 1.12. The maximum absolute atomic E-state index is 11.1. The quantitative estimate of drug-likeness (QED) is 0.714. The Morgan fingerprint density at radius 3 is 2.72 bits per heavy atom. The predicted octanol–water partition coefficient (Wildman–Crippen LogP) is 1.12. The van der Waals surface area contributed by atoms with E-state index in [9.17, 15) is 4.79 Å². The van der Waals surface area contributed by atoms with Gasteiger partial charge in [0.1, 0.15) is 0 Å². The predicted molar refractivity (Wildman–Crippen MR) is 72.1 cm³/mol. The van der Waals surface area contributed by atoms with Crippen LogP contribution in [0.5, 0.6) is 0 Å². The summed E-state index contributed by atoms with van der Waals surface area (Å²) in [6.45, 7) is 10.4. The zero-order valence-corrected chi connectivity index (χ0v) is 11.8. The minimum Gasteiger partial charge on any atom is -0.369 e. The first-order valence-corrected chi connectivity index (χ1v) is 6.50. The maximum Gasteiger partial charge on any atom is 0.222 e. The summed E-state index contributed by atoms with van der Waals surface area (Å²) in [5, 5.41) is 7.86. The Morgan fingerprint density at radius 1 is 1.50 bits per heavy atom. The molecule has 5 heteroatoms. The monoisotopic (exact) mass is 252 g/mol. The molecule has 1 unspecified atom stereocenters. The molecular formula is C13H24N4O. The molecule has 102 valence electrons. The second-order valence-electron chi connectivity index (χ2n) is 4.81. The zero-order valence-electron chi connectivity index (χ0n) is 11.8. The summed E-state index contributed by atoms with van der Waals surface area (Å²) in [7, 11) is 0. The Kier molecular flexibility index (Phi) is 5.34. The van der Waals surface area contributed by atoms with E-state index < -0.39 is 0 Å². The second kappa shape index (κ2) is 6.54. The van der Waals surface area contributed by atoms with E-state index in [0.717, 1.165) is 30.9 Å². The topological polar surface area (TPSA) is 72.9 Å². The second-order valence-corrected chi connectivity index (χ2v) is 4.81. The van der Waals surface area contributed by atoms with Gasteiger partial charge in [-0.2, -0.15) is 5.10 Å². The van der Waals surface area contributed by atoms with Gasteiger partial charge in [-0.3, -0.25) is 9.48 Å². The molecule has 0 bridgehead atoms. The lowest BCUT2D eigenvalue weighted by Crippen LogP contribution is -2.25. The molecule has 0 saturated carbocycles. The van der Waals surface area contributed by atoms with Gasteiger partial charge in [0.15, 0.2) is 0 Å². The van der Waals surface area contributed by atoms with Crippen LogP contribution in [0.3, 0.4) is 0 Å². The third kappa shape index (κ3) is 3.57. The molecule has 0 aromatic carbocycles. The number of carbonyl (C=O) groups excluding carboxylic acids is 1. The number of nitrogens with zero attached hydrogens (tertiary/aromatic N) is 2. The van der Waals surface area contributed by atoms with E-state index in [1.165, 1.54) is 5.56 Å². The minimum atomic E-state index is -0.284. The Labute approximate surface area is 109 Å². The Hall–Kier alpha value is -1.36. The summed E-state index contributed by atoms with van der Waals surface area (Å²) in [4.78, 5) is 11.1. The van der Waals surface area contributed by atoms with Gasteiger partial charge in [0.2, 0.25) is 5.91 Å². The van der Waals surface area contributed by atoms with Gasteiger partial charge in [-0.15, -0.1) is 0 Å². The van der Waals surface area contributed by atoms with Crippen LogP contribution in [0.25, 0.3) is 0 Å². The first-order valence-electron chi connectivity index (χ1n) is 6.50. The summed E-state index contributed by atoms with van der Waals surface area (Å²) in [6, 6.07) is 0. The van der Waals surface area contributed by atoms with Crippen molar-refractivity contribution >= 4 is 5.91 Å². The van der Waals surface area contributed by atoms with Gasteiger partial charge in [-0.1, -0.05) is 13.8 Å². The van der Waals surface area contributed by atoms with Gasteiger partial charge in [-0.05, 0) is 26.8 Å². The van der Waals surface area contributed by atoms with Crippen molar-refractivity contribution in [3.05, 3.63) is 17.0 Å². The molecule has 5 nitrogen and oxygen atoms in total. The molecule has 1 heterocycles. The van der Waals surface area contributed by atoms with Crippen LogP contribution in [-0.2, 0) is 17.9 Å². The average Bonchev–Trinajstić information content (AvgIpc) is 2.56. The molecule has 1 atom stereocenters. The van der Waals surface area contributed by atoms with E-state index in [1.807, 2.05) is 25.5 Å². The molecule has 0 fully saturated rings. The number of amides is 1. The van der Waals surface area contributed by atoms with Crippen LogP contribution in [0.2, 0.25) is 0 Å². The lowest BCUT2D eigenvalue weighted by atomic mass is 10.1. The van der Waals surface area contributed by atoms with Crippen molar-refractivity contribution in [2.75, 3.05) is 6.54 Å². The van der Waals surface area contributed by atoms with Gasteiger partial charge in [-0.25, -0.2) is 0 Å². The van der Waals surface area contributed by atoms with Gasteiger partial charge in [0.25, 0.3) is 0 Å². The molecule has 18 heavy (non-hydrogen) atoms. The number of aryl methyl sites for hydroxylation is 1. The van der Waals surface area contributed by atoms with Crippen LogP contribution < -0.4 is 11.1 Å². The number of primary amides is 1. The zero-order chi connectivity index (χ0) is 13.7. The third-order valence-corrected chi connectivity index (χ3v) is 3.19. The molecule has 0 radical (unpaired) electrons. The minimum absolute atomic E-state index is 0.195. The Bertz CT molecular complexity index is 411. The Morgan fingerprint density at radius 2 is 2.17 bits per heavy atom. The number of aromatic nitrogens is 2. The first kappa shape index (κ1) is 14.7. The number of hydrogen-bond donors (Lipinski definition) is 2. The molecule has 1 aromatic rings. The lowest BCUT2D eigenvalue weighted by Gasteiger charge is -2.09. The van der Waals surface area contributed by atoms with Crippen LogP contribution in [0, 0.1) is 19.8 Å². The van der Waals surface area contributed by atoms with Crippen LogP contribution in [0.15, 0.2) is 0 Å². The summed E-state index contributed by atoms with van der Waals surface area (Å²) in [5.74, 6) is -0.479. The van der Waals surface area contributed by atoms with Crippen molar-refractivity contribution in [2.24, 2.45) is 11.7 Å². The van der Waals surface area contributed by atoms with Crippen molar-refractivity contribution < 1.29 is 4.79 Å². The molecule has 0 aliphatic carbocycles. The lowest BCUT2D eigenvalue weighted by molar-refractivity contribution is -0.121. The first-order chi connectivity index (χ1) is 8.47. The molecule has 1 aromatic heterocycles. The number of rotatable bonds is 7. The highest BCUT2D eigenvalue weighted by atomic mass is 16.1. The number of nitrogens with two attached hydrogens (primary N) is 1. The van der Waals surface area contributed by atoms with E-state index >= 15 is 0 Å². The van der Waals surface area contributed by atoms with Crippen molar-refractivity contribution in [1.29, 1.82) is 0 Å². The standard InChI is InChI=1S/C13H24N4O/c1-5-6-15-7-12-10(3)16-17(11(12)4)8-9(2)13(14)18/h9,15H,5-8H2,1-4H3,(H2,14,18). The average molecular weight is 252 g/mol. The molecule has 0 aliphatic rings. The molecule has 0 saturated heterocycles. The molecule has 1 rings (SSSR count). The van der Waals surface area contributed by atoms with E-state index in [4.69, 9.17) is 5.73 Å². The summed E-state index contributed by atoms with van der Waals surface area (Å²) < 4.78 is 1.88. The third-order valence-electron chi connectivity index (χ3n) is 3.19. The SMILES string of the molecule is CCCNCc1c(C)nn(CC(C)C(N)=O)c1C. The van der Waals surface area contributed by atoms with Crippen molar-refractivity contribution in [3.8, 4) is 0 Å². The molecular weight excluding hydrogens is 228 g/mol. The fourth-order valence-corrected chi connectivity index (χ4v) is 1.91. The van der Waals surface area contributed by atoms with Crippen molar-refractivity contribution in [2.45, 2.75) is 47.2 Å². The Balaban J connectivity index is 2.76. The largest absolute Gasteiger partial charge is 0.369 e. The highest BCUT2D eigenvalue weighted by Gasteiger charge is 2.15.